The zero-order valence-corrected chi connectivity index (χ0v) is 18.1. The molecular formula is C27H25N3O2. The summed E-state index contributed by atoms with van der Waals surface area (Å²) >= 11 is 0. The second kappa shape index (κ2) is 9.67. The number of hydrogen-bond donors (Lipinski definition) is 0. The van der Waals surface area contributed by atoms with Crippen molar-refractivity contribution in [3.8, 4) is 0 Å². The van der Waals surface area contributed by atoms with Crippen LogP contribution >= 0.6 is 0 Å². The molecule has 1 saturated carbocycles. The van der Waals surface area contributed by atoms with Crippen LogP contribution in [0.4, 0.5) is 5.69 Å². The lowest BCUT2D eigenvalue weighted by molar-refractivity contribution is 0.0989. The third-order valence-electron chi connectivity index (χ3n) is 5.74. The topological polar surface area (TPSA) is 54.6 Å². The van der Waals surface area contributed by atoms with E-state index < -0.39 is 0 Å². The van der Waals surface area contributed by atoms with Gasteiger partial charge in [-0.3, -0.25) is 19.5 Å². The molecule has 1 aliphatic rings. The predicted molar refractivity (Wildman–Crippen MR) is 124 cm³/mol. The van der Waals surface area contributed by atoms with E-state index in [9.17, 15) is 9.59 Å². The molecule has 4 rings (SSSR count). The Morgan fingerprint density at radius 2 is 1.59 bits per heavy atom. The zero-order valence-electron chi connectivity index (χ0n) is 18.1. The van der Waals surface area contributed by atoms with Crippen molar-refractivity contribution in [1.82, 2.24) is 9.88 Å². The van der Waals surface area contributed by atoms with Gasteiger partial charge in [0.2, 0.25) is 0 Å². The third-order valence-corrected chi connectivity index (χ3v) is 5.74. The quantitative estimate of drug-likeness (QED) is 0.340. The van der Waals surface area contributed by atoms with Gasteiger partial charge in [-0.1, -0.05) is 48.5 Å². The van der Waals surface area contributed by atoms with Gasteiger partial charge < -0.3 is 0 Å². The average Bonchev–Trinajstić information content (AvgIpc) is 3.65. The van der Waals surface area contributed by atoms with Gasteiger partial charge in [0, 0.05) is 49.1 Å². The Balaban J connectivity index is 1.43. The summed E-state index contributed by atoms with van der Waals surface area (Å²) < 4.78 is 0. The normalized spacial score (nSPS) is 13.0. The van der Waals surface area contributed by atoms with E-state index in [-0.39, 0.29) is 18.0 Å². The van der Waals surface area contributed by atoms with Crippen molar-refractivity contribution in [2.75, 3.05) is 0 Å². The standard InChI is InChI=1S/C27H25N3O2/c1-19(31)23-7-3-21(4-8-23)17-30(26-11-12-26)18-22-13-24(16-29-15-22)27(32)14-20-5-9-25(28-2)10-6-20/h3-10,13,15-16,26H,11-12,14,17-18H2,1H3. The highest BCUT2D eigenvalue weighted by atomic mass is 16.1. The fourth-order valence-electron chi connectivity index (χ4n) is 3.77. The molecule has 0 saturated heterocycles. The minimum atomic E-state index is 0.0210. The van der Waals surface area contributed by atoms with E-state index in [0.29, 0.717) is 17.3 Å². The summed E-state index contributed by atoms with van der Waals surface area (Å²) in [5.74, 6) is 0.0955. The molecule has 0 radical (unpaired) electrons. The van der Waals surface area contributed by atoms with Gasteiger partial charge in [0.25, 0.3) is 0 Å². The number of rotatable bonds is 9. The summed E-state index contributed by atoms with van der Waals surface area (Å²) in [4.78, 5) is 34.4. The van der Waals surface area contributed by atoms with Gasteiger partial charge >= 0.3 is 0 Å². The lowest BCUT2D eigenvalue weighted by Crippen LogP contribution is -2.25. The van der Waals surface area contributed by atoms with Gasteiger partial charge in [-0.25, -0.2) is 4.85 Å². The molecule has 0 N–H and O–H groups in total. The first-order valence-electron chi connectivity index (χ1n) is 10.8. The number of carbonyl (C=O) groups excluding carboxylic acids is 2. The number of benzene rings is 2. The predicted octanol–water partition coefficient (Wildman–Crippen LogP) is 5.42. The van der Waals surface area contributed by atoms with Gasteiger partial charge in [0.15, 0.2) is 17.3 Å². The Labute approximate surface area is 188 Å². The van der Waals surface area contributed by atoms with Crippen LogP contribution in [-0.4, -0.2) is 27.5 Å². The molecule has 0 aliphatic heterocycles. The van der Waals surface area contributed by atoms with Crippen LogP contribution in [0.1, 0.15) is 57.2 Å². The maximum Gasteiger partial charge on any atom is 0.187 e. The number of carbonyl (C=O) groups is 2. The summed E-state index contributed by atoms with van der Waals surface area (Å²) in [6, 6.07) is 17.4. The first-order chi connectivity index (χ1) is 15.5. The molecule has 0 unspecified atom stereocenters. The Morgan fingerprint density at radius 3 is 2.22 bits per heavy atom. The molecule has 0 bridgehead atoms. The van der Waals surface area contributed by atoms with E-state index in [2.05, 4.69) is 14.7 Å². The molecule has 1 fully saturated rings. The van der Waals surface area contributed by atoms with E-state index in [0.717, 1.165) is 29.8 Å². The van der Waals surface area contributed by atoms with E-state index in [1.165, 1.54) is 18.4 Å². The van der Waals surface area contributed by atoms with Crippen molar-refractivity contribution in [3.63, 3.8) is 0 Å². The summed E-state index contributed by atoms with van der Waals surface area (Å²) in [5.41, 5.74) is 4.99. The summed E-state index contributed by atoms with van der Waals surface area (Å²) in [7, 11) is 0. The van der Waals surface area contributed by atoms with E-state index in [1.807, 2.05) is 48.7 Å². The molecular weight excluding hydrogens is 398 g/mol. The molecule has 0 spiro atoms. The van der Waals surface area contributed by atoms with Crippen LogP contribution in [0.5, 0.6) is 0 Å². The second-order valence-corrected chi connectivity index (χ2v) is 8.35. The minimum absolute atomic E-state index is 0.0210. The number of aromatic nitrogens is 1. The molecule has 0 atom stereocenters. The zero-order chi connectivity index (χ0) is 22.5. The number of hydrogen-bond acceptors (Lipinski definition) is 4. The van der Waals surface area contributed by atoms with Crippen LogP contribution < -0.4 is 0 Å². The van der Waals surface area contributed by atoms with Crippen molar-refractivity contribution in [3.05, 3.63) is 106 Å². The molecule has 1 aliphatic carbocycles. The molecule has 160 valence electrons. The third kappa shape index (κ3) is 5.54. The van der Waals surface area contributed by atoms with Crippen molar-refractivity contribution in [1.29, 1.82) is 0 Å². The van der Waals surface area contributed by atoms with Crippen LogP contribution in [0, 0.1) is 6.57 Å². The molecule has 3 aromatic rings. The fraction of sp³-hybridized carbons (Fsp3) is 0.259. The highest BCUT2D eigenvalue weighted by molar-refractivity contribution is 5.97. The molecule has 2 aromatic carbocycles. The van der Waals surface area contributed by atoms with E-state index in [1.54, 1.807) is 25.3 Å². The molecule has 0 amide bonds. The average molecular weight is 424 g/mol. The number of ketones is 2. The van der Waals surface area contributed by atoms with Crippen LogP contribution in [0.3, 0.4) is 0 Å². The maximum atomic E-state index is 12.8. The van der Waals surface area contributed by atoms with Gasteiger partial charge in [-0.05, 0) is 42.5 Å². The molecule has 1 aromatic heterocycles. The number of Topliss-reactive ketones (excluding diaryl/α,β-unsaturated/α-hetero) is 2. The monoisotopic (exact) mass is 423 g/mol. The SMILES string of the molecule is [C-]#[N+]c1ccc(CC(=O)c2cncc(CN(Cc3ccc(C(C)=O)cc3)C3CC3)c2)cc1. The Hall–Kier alpha value is -3.62. The number of pyridine rings is 1. The highest BCUT2D eigenvalue weighted by Gasteiger charge is 2.29. The summed E-state index contributed by atoms with van der Waals surface area (Å²) in [5, 5.41) is 0. The minimum Gasteiger partial charge on any atom is -0.295 e. The first kappa shape index (κ1) is 21.6. The summed E-state index contributed by atoms with van der Waals surface area (Å²) in [6.45, 7) is 10.1. The molecule has 32 heavy (non-hydrogen) atoms. The Bertz CT molecular complexity index is 1160. The van der Waals surface area contributed by atoms with Crippen LogP contribution in [0.25, 0.3) is 4.85 Å². The number of nitrogens with zero attached hydrogens (tertiary/aromatic N) is 3. The van der Waals surface area contributed by atoms with Crippen LogP contribution in [-0.2, 0) is 19.5 Å². The first-order valence-corrected chi connectivity index (χ1v) is 10.8. The van der Waals surface area contributed by atoms with Crippen LogP contribution in [0.15, 0.2) is 67.0 Å². The van der Waals surface area contributed by atoms with E-state index >= 15 is 0 Å². The smallest absolute Gasteiger partial charge is 0.187 e. The Kier molecular flexibility index (Phi) is 6.53. The molecule has 1 heterocycles. The van der Waals surface area contributed by atoms with Gasteiger partial charge in [-0.15, -0.1) is 0 Å². The lowest BCUT2D eigenvalue weighted by atomic mass is 10.0. The van der Waals surface area contributed by atoms with Gasteiger partial charge in [-0.2, -0.15) is 0 Å². The van der Waals surface area contributed by atoms with Crippen LogP contribution in [0.2, 0.25) is 0 Å². The van der Waals surface area contributed by atoms with Crippen molar-refractivity contribution < 1.29 is 9.59 Å². The molecule has 5 nitrogen and oxygen atoms in total. The fourth-order valence-corrected chi connectivity index (χ4v) is 3.77. The van der Waals surface area contributed by atoms with Gasteiger partial charge in [0.1, 0.15) is 0 Å². The largest absolute Gasteiger partial charge is 0.295 e. The maximum absolute atomic E-state index is 12.8. The highest BCUT2D eigenvalue weighted by Crippen LogP contribution is 2.30. The summed E-state index contributed by atoms with van der Waals surface area (Å²) in [6.07, 6.45) is 6.10. The van der Waals surface area contributed by atoms with E-state index in [4.69, 9.17) is 6.57 Å². The van der Waals surface area contributed by atoms with Crippen molar-refractivity contribution >= 4 is 17.3 Å². The second-order valence-electron chi connectivity index (χ2n) is 8.35. The van der Waals surface area contributed by atoms with Crippen molar-refractivity contribution in [2.45, 2.75) is 45.3 Å². The lowest BCUT2D eigenvalue weighted by Gasteiger charge is -2.22. The van der Waals surface area contributed by atoms with Gasteiger partial charge in [0.05, 0.1) is 6.57 Å². The molecule has 5 heteroatoms. The van der Waals surface area contributed by atoms with Crippen molar-refractivity contribution in [2.24, 2.45) is 0 Å². The Morgan fingerprint density at radius 1 is 0.938 bits per heavy atom.